The first-order valence-corrected chi connectivity index (χ1v) is 9.98. The Morgan fingerprint density at radius 2 is 1.90 bits per heavy atom. The van der Waals surface area contributed by atoms with E-state index >= 15 is 0 Å². The molecule has 31 heavy (non-hydrogen) atoms. The number of nitrogens with two attached hydrogens (primary N) is 1. The van der Waals surface area contributed by atoms with Crippen LogP contribution < -0.4 is 16.0 Å². The Hall–Kier alpha value is -3.66. The van der Waals surface area contributed by atoms with Gasteiger partial charge in [-0.3, -0.25) is 4.98 Å². The topological polar surface area (TPSA) is 97.3 Å². The van der Waals surface area contributed by atoms with Crippen LogP contribution in [-0.4, -0.2) is 43.9 Å². The number of rotatable bonds is 4. The average Bonchev–Trinajstić information content (AvgIpc) is 3.16. The molecule has 3 N–H and O–H groups in total. The highest BCUT2D eigenvalue weighted by Gasteiger charge is 2.21. The Labute approximate surface area is 176 Å². The molecule has 1 aromatic carbocycles. The maximum absolute atomic E-state index is 14.2. The van der Waals surface area contributed by atoms with Gasteiger partial charge in [-0.25, -0.2) is 8.78 Å². The lowest BCUT2D eigenvalue weighted by Crippen LogP contribution is -2.43. The third kappa shape index (κ3) is 3.66. The molecule has 4 aromatic rings. The zero-order valence-corrected chi connectivity index (χ0v) is 16.5. The number of aromatic nitrogens is 5. The van der Waals surface area contributed by atoms with E-state index in [1.165, 1.54) is 28.8 Å². The highest BCUT2D eigenvalue weighted by atomic mass is 19.1. The monoisotopic (exact) mass is 422 g/mol. The van der Waals surface area contributed by atoms with E-state index < -0.39 is 11.6 Å². The second kappa shape index (κ2) is 7.88. The molecule has 1 saturated heterocycles. The molecule has 0 aliphatic carbocycles. The average molecular weight is 422 g/mol. The Morgan fingerprint density at radius 3 is 2.71 bits per heavy atom. The molecule has 0 bridgehead atoms. The predicted molar refractivity (Wildman–Crippen MR) is 113 cm³/mol. The van der Waals surface area contributed by atoms with Crippen molar-refractivity contribution < 1.29 is 8.78 Å². The second-order valence-corrected chi connectivity index (χ2v) is 7.47. The fourth-order valence-corrected chi connectivity index (χ4v) is 3.85. The van der Waals surface area contributed by atoms with Gasteiger partial charge in [-0.05, 0) is 43.2 Å². The van der Waals surface area contributed by atoms with Crippen LogP contribution in [0.25, 0.3) is 16.9 Å². The minimum Gasteiger partial charge on any atom is -0.368 e. The first-order valence-electron chi connectivity index (χ1n) is 9.98. The van der Waals surface area contributed by atoms with Gasteiger partial charge in [0.05, 0.1) is 28.8 Å². The van der Waals surface area contributed by atoms with Gasteiger partial charge in [0.15, 0.2) is 5.65 Å². The Bertz CT molecular complexity index is 1220. The maximum Gasteiger partial charge on any atom is 0.250 e. The standard InChI is InChI=1S/C21H20F2N8/c22-14-4-1-5-15(23)20(14)16-6-7-19-27-28-21(31(19)29-16)26-17-11-25-9-8-18(17)30-10-2-3-13(24)12-30/h1,4-9,11,13H,2-3,10,12,24H2,(H,26,28). The number of fused-ring (bicyclic) bond motifs is 1. The highest BCUT2D eigenvalue weighted by molar-refractivity contribution is 5.73. The van der Waals surface area contributed by atoms with Crippen molar-refractivity contribution in [3.8, 4) is 11.3 Å². The van der Waals surface area contributed by atoms with Gasteiger partial charge in [0, 0.05) is 25.3 Å². The fourth-order valence-electron chi connectivity index (χ4n) is 3.85. The summed E-state index contributed by atoms with van der Waals surface area (Å²) in [5, 5.41) is 15.8. The lowest BCUT2D eigenvalue weighted by molar-refractivity contribution is 0.506. The van der Waals surface area contributed by atoms with Gasteiger partial charge in [0.1, 0.15) is 11.6 Å². The van der Waals surface area contributed by atoms with Gasteiger partial charge in [-0.1, -0.05) is 6.07 Å². The summed E-state index contributed by atoms with van der Waals surface area (Å²) >= 11 is 0. The van der Waals surface area contributed by atoms with Gasteiger partial charge < -0.3 is 16.0 Å². The maximum atomic E-state index is 14.2. The van der Waals surface area contributed by atoms with Crippen molar-refractivity contribution in [2.45, 2.75) is 18.9 Å². The Balaban J connectivity index is 1.52. The van der Waals surface area contributed by atoms with Crippen LogP contribution >= 0.6 is 0 Å². The van der Waals surface area contributed by atoms with Crippen molar-refractivity contribution in [1.82, 2.24) is 24.8 Å². The molecule has 0 amide bonds. The zero-order valence-electron chi connectivity index (χ0n) is 16.5. The summed E-state index contributed by atoms with van der Waals surface area (Å²) in [5.41, 5.74) is 8.18. The van der Waals surface area contributed by atoms with Gasteiger partial charge in [-0.15, -0.1) is 10.2 Å². The van der Waals surface area contributed by atoms with Crippen LogP contribution in [0, 0.1) is 11.6 Å². The summed E-state index contributed by atoms with van der Waals surface area (Å²) in [6.45, 7) is 1.64. The van der Waals surface area contributed by atoms with E-state index in [0.29, 0.717) is 11.6 Å². The number of anilines is 3. The summed E-state index contributed by atoms with van der Waals surface area (Å²) in [6.07, 6.45) is 5.42. The van der Waals surface area contributed by atoms with Gasteiger partial charge in [0.25, 0.3) is 5.95 Å². The van der Waals surface area contributed by atoms with Crippen LogP contribution in [0.2, 0.25) is 0 Å². The normalized spacial score (nSPS) is 16.6. The highest BCUT2D eigenvalue weighted by Crippen LogP contribution is 2.30. The molecule has 1 aliphatic rings. The molecule has 0 radical (unpaired) electrons. The summed E-state index contributed by atoms with van der Waals surface area (Å²) in [5.74, 6) is -1.07. The molecule has 5 rings (SSSR count). The van der Waals surface area contributed by atoms with Gasteiger partial charge >= 0.3 is 0 Å². The van der Waals surface area contributed by atoms with E-state index in [0.717, 1.165) is 37.3 Å². The number of halogens is 2. The number of nitrogens with zero attached hydrogens (tertiary/aromatic N) is 6. The SMILES string of the molecule is NC1CCCN(c2ccncc2Nc2nnc3ccc(-c4c(F)cccc4F)nn23)C1. The number of piperidine rings is 1. The molecule has 1 atom stereocenters. The number of hydrogen-bond donors (Lipinski definition) is 2. The molecule has 158 valence electrons. The van der Waals surface area contributed by atoms with Crippen molar-refractivity contribution >= 4 is 23.0 Å². The molecular formula is C21H20F2N8. The van der Waals surface area contributed by atoms with Crippen molar-refractivity contribution in [3.05, 3.63) is 60.4 Å². The molecule has 1 aliphatic heterocycles. The number of hydrogen-bond acceptors (Lipinski definition) is 7. The lowest BCUT2D eigenvalue weighted by Gasteiger charge is -2.33. The van der Waals surface area contributed by atoms with Crippen LogP contribution in [0.1, 0.15) is 12.8 Å². The van der Waals surface area contributed by atoms with E-state index in [-0.39, 0.29) is 17.3 Å². The molecule has 10 heteroatoms. The van der Waals surface area contributed by atoms with Crippen molar-refractivity contribution in [2.75, 3.05) is 23.3 Å². The first-order chi connectivity index (χ1) is 15.1. The minimum atomic E-state index is -0.689. The van der Waals surface area contributed by atoms with Crippen molar-refractivity contribution in [3.63, 3.8) is 0 Å². The fraction of sp³-hybridized carbons (Fsp3) is 0.238. The zero-order chi connectivity index (χ0) is 21.4. The molecule has 3 aromatic heterocycles. The second-order valence-electron chi connectivity index (χ2n) is 7.47. The number of benzene rings is 1. The number of nitrogens with one attached hydrogen (secondary N) is 1. The molecule has 0 spiro atoms. The van der Waals surface area contributed by atoms with E-state index in [1.807, 2.05) is 6.07 Å². The van der Waals surface area contributed by atoms with Crippen LogP contribution in [0.4, 0.5) is 26.1 Å². The smallest absolute Gasteiger partial charge is 0.250 e. The quantitative estimate of drug-likeness (QED) is 0.521. The molecular weight excluding hydrogens is 402 g/mol. The van der Waals surface area contributed by atoms with E-state index in [1.54, 1.807) is 18.5 Å². The lowest BCUT2D eigenvalue weighted by atomic mass is 10.1. The Morgan fingerprint density at radius 1 is 1.06 bits per heavy atom. The third-order valence-corrected chi connectivity index (χ3v) is 5.32. The summed E-state index contributed by atoms with van der Waals surface area (Å²) in [7, 11) is 0. The molecule has 8 nitrogen and oxygen atoms in total. The van der Waals surface area contributed by atoms with Crippen LogP contribution in [-0.2, 0) is 0 Å². The van der Waals surface area contributed by atoms with Crippen molar-refractivity contribution in [1.29, 1.82) is 0 Å². The predicted octanol–water partition coefficient (Wildman–Crippen LogP) is 3.14. The van der Waals surface area contributed by atoms with Crippen LogP contribution in [0.15, 0.2) is 48.8 Å². The van der Waals surface area contributed by atoms with Crippen LogP contribution in [0.5, 0.6) is 0 Å². The molecule has 1 unspecified atom stereocenters. The largest absolute Gasteiger partial charge is 0.368 e. The first kappa shape index (κ1) is 19.3. The third-order valence-electron chi connectivity index (χ3n) is 5.32. The van der Waals surface area contributed by atoms with Gasteiger partial charge in [0.2, 0.25) is 0 Å². The minimum absolute atomic E-state index is 0.114. The molecule has 4 heterocycles. The van der Waals surface area contributed by atoms with E-state index in [2.05, 4.69) is 30.5 Å². The molecule has 0 saturated carbocycles. The summed E-state index contributed by atoms with van der Waals surface area (Å²) < 4.78 is 29.9. The van der Waals surface area contributed by atoms with E-state index in [4.69, 9.17) is 5.73 Å². The van der Waals surface area contributed by atoms with E-state index in [9.17, 15) is 8.78 Å². The van der Waals surface area contributed by atoms with Crippen molar-refractivity contribution in [2.24, 2.45) is 5.73 Å². The van der Waals surface area contributed by atoms with Gasteiger partial charge in [-0.2, -0.15) is 9.61 Å². The van der Waals surface area contributed by atoms with Crippen LogP contribution in [0.3, 0.4) is 0 Å². The molecule has 1 fully saturated rings. The number of pyridine rings is 1. The Kier molecular flexibility index (Phi) is 4.91. The summed E-state index contributed by atoms with van der Waals surface area (Å²) in [6, 6.07) is 8.86. The summed E-state index contributed by atoms with van der Waals surface area (Å²) in [4.78, 5) is 6.41.